The number of benzene rings is 2. The number of aryl methyl sites for hydroxylation is 1. The van der Waals surface area contributed by atoms with Crippen molar-refractivity contribution in [3.8, 4) is 5.75 Å². The lowest BCUT2D eigenvalue weighted by atomic mass is 10.00. The van der Waals surface area contributed by atoms with E-state index in [2.05, 4.69) is 37.4 Å². The monoisotopic (exact) mass is 546 g/mol. The summed E-state index contributed by atoms with van der Waals surface area (Å²) in [5, 5.41) is 2.09. The lowest BCUT2D eigenvalue weighted by Crippen LogP contribution is -2.49. The fraction of sp³-hybridized carbons (Fsp3) is 0.438. The van der Waals surface area contributed by atoms with E-state index >= 15 is 0 Å². The summed E-state index contributed by atoms with van der Waals surface area (Å²) < 4.78 is 12.1. The molecule has 2 aromatic carbocycles. The molecule has 6 nitrogen and oxygen atoms in total. The molecular weight excluding hydrogens is 508 g/mol. The van der Waals surface area contributed by atoms with Crippen LogP contribution in [0.15, 0.2) is 60.0 Å². The second-order valence-electron chi connectivity index (χ2n) is 10.9. The molecule has 3 heterocycles. The SMILES string of the molecule is Cc1ccc(C(=O)N(CC(=O)N2CCc3sccc3[C@@H]2COc2ccc(C(C)C)cc2)C[C@H]2CCCO2)cc1. The van der Waals surface area contributed by atoms with Crippen molar-refractivity contribution in [3.63, 3.8) is 0 Å². The summed E-state index contributed by atoms with van der Waals surface area (Å²) in [5.74, 6) is 1.06. The molecule has 0 spiro atoms. The molecule has 0 unspecified atom stereocenters. The molecule has 1 aromatic heterocycles. The summed E-state index contributed by atoms with van der Waals surface area (Å²) in [4.78, 5) is 32.3. The van der Waals surface area contributed by atoms with E-state index in [-0.39, 0.29) is 30.5 Å². The van der Waals surface area contributed by atoms with Gasteiger partial charge in [-0.05, 0) is 78.9 Å². The molecular formula is C32H38N2O4S. The number of amides is 2. The van der Waals surface area contributed by atoms with Crippen LogP contribution in [0, 0.1) is 6.92 Å². The van der Waals surface area contributed by atoms with Crippen LogP contribution >= 0.6 is 11.3 Å². The third-order valence-corrected chi connectivity index (χ3v) is 8.73. The van der Waals surface area contributed by atoms with Crippen molar-refractivity contribution in [2.75, 3.05) is 32.8 Å². The minimum atomic E-state index is -0.198. The molecule has 0 bridgehead atoms. The highest BCUT2D eigenvalue weighted by atomic mass is 32.1. The van der Waals surface area contributed by atoms with Gasteiger partial charge in [0.2, 0.25) is 5.91 Å². The highest BCUT2D eigenvalue weighted by molar-refractivity contribution is 7.10. The van der Waals surface area contributed by atoms with Crippen LogP contribution in [0.4, 0.5) is 0 Å². The van der Waals surface area contributed by atoms with Crippen molar-refractivity contribution >= 4 is 23.2 Å². The molecule has 2 atom stereocenters. The van der Waals surface area contributed by atoms with Gasteiger partial charge in [-0.15, -0.1) is 11.3 Å². The number of carbonyl (C=O) groups is 2. The first kappa shape index (κ1) is 27.4. The molecule has 39 heavy (non-hydrogen) atoms. The Balaban J connectivity index is 1.33. The van der Waals surface area contributed by atoms with E-state index in [1.807, 2.05) is 48.2 Å². The Kier molecular flexibility index (Phi) is 8.68. The zero-order chi connectivity index (χ0) is 27.4. The van der Waals surface area contributed by atoms with Gasteiger partial charge in [0.1, 0.15) is 18.9 Å². The highest BCUT2D eigenvalue weighted by Gasteiger charge is 2.34. The van der Waals surface area contributed by atoms with Gasteiger partial charge in [0.15, 0.2) is 0 Å². The molecule has 1 fully saturated rings. The summed E-state index contributed by atoms with van der Waals surface area (Å²) in [7, 11) is 0. The van der Waals surface area contributed by atoms with Gasteiger partial charge in [0, 0.05) is 30.1 Å². The summed E-state index contributed by atoms with van der Waals surface area (Å²) >= 11 is 1.73. The number of rotatable bonds is 9. The Bertz CT molecular complexity index is 1260. The lowest BCUT2D eigenvalue weighted by molar-refractivity contribution is -0.135. The summed E-state index contributed by atoms with van der Waals surface area (Å²) in [6, 6.07) is 17.7. The van der Waals surface area contributed by atoms with E-state index < -0.39 is 0 Å². The van der Waals surface area contributed by atoms with Crippen molar-refractivity contribution in [1.29, 1.82) is 0 Å². The molecule has 2 amide bonds. The molecule has 206 valence electrons. The van der Waals surface area contributed by atoms with Crippen LogP contribution in [0.1, 0.15) is 70.6 Å². The van der Waals surface area contributed by atoms with E-state index in [0.717, 1.165) is 36.1 Å². The van der Waals surface area contributed by atoms with Gasteiger partial charge in [0.25, 0.3) is 5.91 Å². The third kappa shape index (κ3) is 6.53. The molecule has 0 radical (unpaired) electrons. The molecule has 0 N–H and O–H groups in total. The number of nitrogens with zero attached hydrogens (tertiary/aromatic N) is 2. The molecule has 3 aromatic rings. The van der Waals surface area contributed by atoms with Crippen LogP contribution in [0.25, 0.3) is 0 Å². The van der Waals surface area contributed by atoms with Crippen molar-refractivity contribution in [1.82, 2.24) is 9.80 Å². The predicted octanol–water partition coefficient (Wildman–Crippen LogP) is 6.01. The second kappa shape index (κ2) is 12.3. The molecule has 0 aliphatic carbocycles. The number of fused-ring (bicyclic) bond motifs is 1. The molecule has 0 saturated carbocycles. The lowest BCUT2D eigenvalue weighted by Gasteiger charge is -2.37. The number of thiophene rings is 1. The van der Waals surface area contributed by atoms with E-state index in [1.54, 1.807) is 16.2 Å². The predicted molar refractivity (Wildman–Crippen MR) is 155 cm³/mol. The zero-order valence-corrected chi connectivity index (χ0v) is 23.9. The van der Waals surface area contributed by atoms with Crippen molar-refractivity contribution in [2.24, 2.45) is 0 Å². The minimum absolute atomic E-state index is 0.0195. The van der Waals surface area contributed by atoms with E-state index in [9.17, 15) is 9.59 Å². The second-order valence-corrected chi connectivity index (χ2v) is 11.9. The van der Waals surface area contributed by atoms with Crippen LogP contribution < -0.4 is 4.74 Å². The van der Waals surface area contributed by atoms with E-state index in [1.165, 1.54) is 10.4 Å². The smallest absolute Gasteiger partial charge is 0.254 e. The largest absolute Gasteiger partial charge is 0.491 e. The topological polar surface area (TPSA) is 59.1 Å². The number of carbonyl (C=O) groups excluding carboxylic acids is 2. The third-order valence-electron chi connectivity index (χ3n) is 7.73. The van der Waals surface area contributed by atoms with Gasteiger partial charge in [-0.2, -0.15) is 0 Å². The Hall–Kier alpha value is -3.16. The quantitative estimate of drug-likeness (QED) is 0.330. The molecule has 7 heteroatoms. The van der Waals surface area contributed by atoms with E-state index in [4.69, 9.17) is 9.47 Å². The van der Waals surface area contributed by atoms with Gasteiger partial charge in [-0.3, -0.25) is 9.59 Å². The van der Waals surface area contributed by atoms with Crippen LogP contribution in [0.3, 0.4) is 0 Å². The zero-order valence-electron chi connectivity index (χ0n) is 23.1. The van der Waals surface area contributed by atoms with Crippen molar-refractivity contribution in [3.05, 3.63) is 87.1 Å². The Morgan fingerprint density at radius 3 is 2.56 bits per heavy atom. The van der Waals surface area contributed by atoms with Gasteiger partial charge in [-0.25, -0.2) is 0 Å². The normalized spacial score (nSPS) is 18.7. The maximum Gasteiger partial charge on any atom is 0.254 e. The summed E-state index contributed by atoms with van der Waals surface area (Å²) in [5.41, 5.74) is 4.10. The summed E-state index contributed by atoms with van der Waals surface area (Å²) in [6.45, 7) is 8.46. The van der Waals surface area contributed by atoms with Gasteiger partial charge < -0.3 is 19.3 Å². The Morgan fingerprint density at radius 2 is 1.87 bits per heavy atom. The van der Waals surface area contributed by atoms with Crippen molar-refractivity contribution < 1.29 is 19.1 Å². The van der Waals surface area contributed by atoms with Crippen molar-refractivity contribution in [2.45, 2.75) is 58.1 Å². The average molecular weight is 547 g/mol. The maximum absolute atomic E-state index is 13.9. The van der Waals surface area contributed by atoms with E-state index in [0.29, 0.717) is 37.8 Å². The minimum Gasteiger partial charge on any atom is -0.491 e. The molecule has 1 saturated heterocycles. The van der Waals surface area contributed by atoms with Gasteiger partial charge in [-0.1, -0.05) is 43.7 Å². The number of hydrogen-bond acceptors (Lipinski definition) is 5. The maximum atomic E-state index is 13.9. The fourth-order valence-corrected chi connectivity index (χ4v) is 6.31. The molecule has 2 aliphatic heterocycles. The molecule has 5 rings (SSSR count). The number of hydrogen-bond donors (Lipinski definition) is 0. The van der Waals surface area contributed by atoms with Crippen LogP contribution in [0.2, 0.25) is 0 Å². The highest BCUT2D eigenvalue weighted by Crippen LogP contribution is 2.34. The fourth-order valence-electron chi connectivity index (χ4n) is 5.38. The van der Waals surface area contributed by atoms with Gasteiger partial charge >= 0.3 is 0 Å². The first-order chi connectivity index (χ1) is 18.9. The van der Waals surface area contributed by atoms with Crippen LogP contribution in [-0.4, -0.2) is 60.6 Å². The average Bonchev–Trinajstić information content (AvgIpc) is 3.64. The van der Waals surface area contributed by atoms with Crippen LogP contribution in [0.5, 0.6) is 5.75 Å². The number of ether oxygens (including phenoxy) is 2. The Morgan fingerprint density at radius 1 is 1.10 bits per heavy atom. The first-order valence-corrected chi connectivity index (χ1v) is 14.8. The summed E-state index contributed by atoms with van der Waals surface area (Å²) in [6.07, 6.45) is 2.66. The first-order valence-electron chi connectivity index (χ1n) is 13.9. The molecule has 2 aliphatic rings. The van der Waals surface area contributed by atoms with Gasteiger partial charge in [0.05, 0.1) is 12.1 Å². The standard InChI is InChI=1S/C32H38N2O4S/c1-22(2)24-10-12-26(13-11-24)38-21-29-28-15-18-39-30(28)14-16-34(29)31(35)20-33(19-27-5-4-17-37-27)32(36)25-8-6-23(3)7-9-25/h6-13,15,18,22,27,29H,4-5,14,16-17,19-21H2,1-3H3/t27-,29+/m1/s1. The Labute approximate surface area is 235 Å². The van der Waals surface area contributed by atoms with Crippen LogP contribution in [-0.2, 0) is 16.0 Å².